The van der Waals surface area contributed by atoms with E-state index in [1.165, 1.54) is 68.6 Å². The zero-order valence-electron chi connectivity index (χ0n) is 17.0. The van der Waals surface area contributed by atoms with Gasteiger partial charge in [0.05, 0.1) is 5.56 Å². The third-order valence-electron chi connectivity index (χ3n) is 5.17. The second-order valence-electron chi connectivity index (χ2n) is 7.29. The summed E-state index contributed by atoms with van der Waals surface area (Å²) < 4.78 is 47.8. The summed E-state index contributed by atoms with van der Waals surface area (Å²) in [6, 6.07) is 12.1. The van der Waals surface area contributed by atoms with Gasteiger partial charge in [-0.3, -0.25) is 4.98 Å². The molecule has 2 atom stereocenters. The first-order chi connectivity index (χ1) is 14.9. The number of aromatic carboxylic acids is 1. The molecular weight excluding hydrogens is 447 g/mol. The number of benzene rings is 2. The fourth-order valence-corrected chi connectivity index (χ4v) is 3.73. The Labute approximate surface area is 187 Å². The van der Waals surface area contributed by atoms with E-state index in [1.54, 1.807) is 0 Å². The summed E-state index contributed by atoms with van der Waals surface area (Å²) in [7, 11) is 0. The maximum Gasteiger partial charge on any atom is 0.422 e. The molecule has 168 valence electrons. The van der Waals surface area contributed by atoms with Crippen molar-refractivity contribution < 1.29 is 32.9 Å². The Hall–Kier alpha value is -3.10. The van der Waals surface area contributed by atoms with Crippen LogP contribution in [0.5, 0.6) is 11.5 Å². The quantitative estimate of drug-likeness (QED) is 0.460. The Morgan fingerprint density at radius 1 is 1.06 bits per heavy atom. The van der Waals surface area contributed by atoms with Gasteiger partial charge in [0.1, 0.15) is 11.5 Å². The number of halogens is 4. The zero-order valence-corrected chi connectivity index (χ0v) is 17.8. The predicted molar refractivity (Wildman–Crippen MR) is 112 cm³/mol. The molecule has 0 fully saturated rings. The number of ether oxygens (including phenoxy) is 1. The fourth-order valence-electron chi connectivity index (χ4n) is 3.39. The summed E-state index contributed by atoms with van der Waals surface area (Å²) in [5.74, 6) is -1.96. The van der Waals surface area contributed by atoms with Crippen LogP contribution in [0.1, 0.15) is 40.0 Å². The van der Waals surface area contributed by atoms with Gasteiger partial charge in [0.25, 0.3) is 0 Å². The van der Waals surface area contributed by atoms with E-state index in [-0.39, 0.29) is 27.5 Å². The van der Waals surface area contributed by atoms with Gasteiger partial charge in [-0.2, -0.15) is 13.2 Å². The number of aryl methyl sites for hydroxylation is 1. The summed E-state index contributed by atoms with van der Waals surface area (Å²) >= 11 is 6.28. The van der Waals surface area contributed by atoms with Crippen LogP contribution >= 0.6 is 11.6 Å². The third kappa shape index (κ3) is 4.56. The topological polar surface area (TPSA) is 79.7 Å². The van der Waals surface area contributed by atoms with Gasteiger partial charge in [-0.05, 0) is 66.6 Å². The number of aliphatic hydroxyl groups is 1. The van der Waals surface area contributed by atoms with Crippen molar-refractivity contribution in [3.05, 3.63) is 88.2 Å². The van der Waals surface area contributed by atoms with E-state index in [4.69, 9.17) is 21.4 Å². The average Bonchev–Trinajstić information content (AvgIpc) is 2.72. The molecule has 9 heteroatoms. The van der Waals surface area contributed by atoms with Crippen LogP contribution in [0.3, 0.4) is 0 Å². The number of pyridine rings is 1. The second-order valence-corrected chi connectivity index (χ2v) is 7.69. The van der Waals surface area contributed by atoms with E-state index in [2.05, 4.69) is 4.98 Å². The Bertz CT molecular complexity index is 1130. The van der Waals surface area contributed by atoms with Crippen LogP contribution in [-0.2, 0) is 5.60 Å². The van der Waals surface area contributed by atoms with Crippen molar-refractivity contribution >= 4 is 17.6 Å². The predicted octanol–water partition coefficient (Wildman–Crippen LogP) is 6.09. The number of hydrogen-bond donors (Lipinski definition) is 2. The highest BCUT2D eigenvalue weighted by molar-refractivity contribution is 6.31. The number of hydrogen-bond acceptors (Lipinski definition) is 4. The molecule has 32 heavy (non-hydrogen) atoms. The van der Waals surface area contributed by atoms with E-state index >= 15 is 0 Å². The van der Waals surface area contributed by atoms with Crippen molar-refractivity contribution in [3.8, 4) is 11.5 Å². The smallest absolute Gasteiger partial charge is 0.422 e. The molecule has 0 aliphatic rings. The van der Waals surface area contributed by atoms with Crippen LogP contribution in [-0.4, -0.2) is 27.3 Å². The minimum absolute atomic E-state index is 0.0226. The Kier molecular flexibility index (Phi) is 6.48. The van der Waals surface area contributed by atoms with Gasteiger partial charge in [0.2, 0.25) is 0 Å². The molecule has 0 amide bonds. The van der Waals surface area contributed by atoms with Crippen molar-refractivity contribution in [3.63, 3.8) is 0 Å². The van der Waals surface area contributed by atoms with E-state index in [0.717, 1.165) is 6.07 Å². The lowest BCUT2D eigenvalue weighted by Crippen LogP contribution is -2.46. The molecule has 0 saturated carbocycles. The molecule has 0 saturated heterocycles. The van der Waals surface area contributed by atoms with Crippen LogP contribution in [0.25, 0.3) is 0 Å². The largest absolute Gasteiger partial charge is 0.478 e. The summed E-state index contributed by atoms with van der Waals surface area (Å²) in [6.07, 6.45) is -3.77. The van der Waals surface area contributed by atoms with Gasteiger partial charge in [0, 0.05) is 22.8 Å². The van der Waals surface area contributed by atoms with Crippen LogP contribution in [0.15, 0.2) is 60.8 Å². The summed E-state index contributed by atoms with van der Waals surface area (Å²) in [5, 5.41) is 19.8. The van der Waals surface area contributed by atoms with Gasteiger partial charge in [0.15, 0.2) is 5.60 Å². The lowest BCUT2D eigenvalue weighted by Gasteiger charge is -2.37. The number of nitrogens with zero attached hydrogens (tertiary/aromatic N) is 1. The third-order valence-corrected chi connectivity index (χ3v) is 5.50. The van der Waals surface area contributed by atoms with Crippen molar-refractivity contribution in [2.75, 3.05) is 0 Å². The minimum Gasteiger partial charge on any atom is -0.478 e. The molecule has 0 aliphatic heterocycles. The Morgan fingerprint density at radius 3 is 2.22 bits per heavy atom. The summed E-state index contributed by atoms with van der Waals surface area (Å²) in [4.78, 5) is 14.8. The van der Waals surface area contributed by atoms with Crippen molar-refractivity contribution in [2.24, 2.45) is 0 Å². The molecule has 2 N–H and O–H groups in total. The SMILES string of the molecule is Cc1cc(C(O)(C(C)c2ccc(Oc3ccc(C(=O)O)cc3)cc2Cl)C(F)(F)F)ccn1. The number of alkyl halides is 3. The van der Waals surface area contributed by atoms with E-state index in [1.807, 2.05) is 0 Å². The zero-order chi connectivity index (χ0) is 23.7. The maximum absolute atomic E-state index is 14.1. The number of carbonyl (C=O) groups is 1. The van der Waals surface area contributed by atoms with Gasteiger partial charge >= 0.3 is 12.1 Å². The van der Waals surface area contributed by atoms with E-state index < -0.39 is 23.7 Å². The van der Waals surface area contributed by atoms with Gasteiger partial charge in [-0.15, -0.1) is 0 Å². The standard InChI is InChI=1S/C23H19ClF3NO4/c1-13-11-16(9-10-28-13)22(31,23(25,26)27)14(2)19-8-7-18(12-20(19)24)32-17-5-3-15(4-6-17)21(29)30/h3-12,14,31H,1-2H3,(H,29,30). The van der Waals surface area contributed by atoms with Crippen LogP contribution in [0.2, 0.25) is 5.02 Å². The molecule has 1 heterocycles. The van der Waals surface area contributed by atoms with Crippen LogP contribution in [0, 0.1) is 6.92 Å². The number of carboxylic acid groups (broad SMARTS) is 1. The molecule has 2 unspecified atom stereocenters. The highest BCUT2D eigenvalue weighted by atomic mass is 35.5. The Balaban J connectivity index is 1.93. The van der Waals surface area contributed by atoms with Crippen molar-refractivity contribution in [1.82, 2.24) is 4.98 Å². The number of aromatic nitrogens is 1. The molecule has 1 aromatic heterocycles. The summed E-state index contributed by atoms with van der Waals surface area (Å²) in [5.41, 5.74) is -3.03. The highest BCUT2D eigenvalue weighted by Gasteiger charge is 2.59. The first-order valence-corrected chi connectivity index (χ1v) is 9.84. The average molecular weight is 466 g/mol. The van der Waals surface area contributed by atoms with Crippen molar-refractivity contribution in [1.29, 1.82) is 0 Å². The molecule has 0 radical (unpaired) electrons. The van der Waals surface area contributed by atoms with Crippen molar-refractivity contribution in [2.45, 2.75) is 31.5 Å². The van der Waals surface area contributed by atoms with Crippen LogP contribution < -0.4 is 4.74 Å². The molecule has 3 aromatic rings. The normalized spacial score (nSPS) is 14.5. The molecule has 0 bridgehead atoms. The van der Waals surface area contributed by atoms with E-state index in [0.29, 0.717) is 11.4 Å². The molecule has 2 aromatic carbocycles. The monoisotopic (exact) mass is 465 g/mol. The number of rotatable bonds is 6. The first kappa shape index (κ1) is 23.6. The second kappa shape index (κ2) is 8.80. The van der Waals surface area contributed by atoms with E-state index in [9.17, 15) is 23.1 Å². The van der Waals surface area contributed by atoms with Crippen LogP contribution in [0.4, 0.5) is 13.2 Å². The van der Waals surface area contributed by atoms with Gasteiger partial charge in [-0.1, -0.05) is 24.6 Å². The molecule has 0 aliphatic carbocycles. The molecule has 3 rings (SSSR count). The highest BCUT2D eigenvalue weighted by Crippen LogP contribution is 2.50. The molecule has 0 spiro atoms. The number of carboxylic acids is 1. The lowest BCUT2D eigenvalue weighted by atomic mass is 9.78. The lowest BCUT2D eigenvalue weighted by molar-refractivity contribution is -0.274. The molecule has 5 nitrogen and oxygen atoms in total. The minimum atomic E-state index is -4.98. The first-order valence-electron chi connectivity index (χ1n) is 9.46. The fraction of sp³-hybridized carbons (Fsp3) is 0.217. The Morgan fingerprint density at radius 2 is 1.69 bits per heavy atom. The maximum atomic E-state index is 14.1. The van der Waals surface area contributed by atoms with Gasteiger partial charge in [-0.25, -0.2) is 4.79 Å². The summed E-state index contributed by atoms with van der Waals surface area (Å²) in [6.45, 7) is 2.78. The molecular formula is C23H19ClF3NO4. The van der Waals surface area contributed by atoms with Gasteiger partial charge < -0.3 is 14.9 Å².